The SMILES string of the molecule is C[C@@H]1C[C@H](O)CC12CCN(c1cnc(Sc3ccnc(N)c3Cl)c(N)n1)CC2. The van der Waals surface area contributed by atoms with Gasteiger partial charge in [0.15, 0.2) is 5.82 Å². The quantitative estimate of drug-likeness (QED) is 0.693. The average Bonchev–Trinajstić information content (AvgIpc) is 2.94. The van der Waals surface area contributed by atoms with Gasteiger partial charge in [0.1, 0.15) is 16.7 Å². The van der Waals surface area contributed by atoms with Crippen molar-refractivity contribution in [2.75, 3.05) is 29.5 Å². The van der Waals surface area contributed by atoms with Crippen molar-refractivity contribution in [2.45, 2.75) is 48.6 Å². The predicted molar refractivity (Wildman–Crippen MR) is 113 cm³/mol. The van der Waals surface area contributed by atoms with E-state index in [1.54, 1.807) is 18.5 Å². The lowest BCUT2D eigenvalue weighted by Gasteiger charge is -2.42. The molecular weight excluding hydrogens is 396 g/mol. The first-order chi connectivity index (χ1) is 13.4. The summed E-state index contributed by atoms with van der Waals surface area (Å²) in [5.74, 6) is 2.02. The Morgan fingerprint density at radius 2 is 2.00 bits per heavy atom. The fraction of sp³-hybridized carbons (Fsp3) is 0.526. The van der Waals surface area contributed by atoms with Crippen LogP contribution in [0.4, 0.5) is 17.5 Å². The average molecular weight is 421 g/mol. The third-order valence-corrected chi connectivity index (χ3v) is 7.81. The number of nitrogen functional groups attached to an aromatic ring is 2. The monoisotopic (exact) mass is 420 g/mol. The van der Waals surface area contributed by atoms with Crippen molar-refractivity contribution >= 4 is 40.8 Å². The molecule has 2 aromatic heterocycles. The van der Waals surface area contributed by atoms with Gasteiger partial charge >= 0.3 is 0 Å². The van der Waals surface area contributed by atoms with Crippen LogP contribution in [-0.2, 0) is 0 Å². The topological polar surface area (TPSA) is 114 Å². The van der Waals surface area contributed by atoms with Crippen LogP contribution in [0.1, 0.15) is 32.6 Å². The van der Waals surface area contributed by atoms with Gasteiger partial charge in [0.2, 0.25) is 0 Å². The van der Waals surface area contributed by atoms with Gasteiger partial charge in [-0.1, -0.05) is 30.3 Å². The minimum atomic E-state index is -0.151. The summed E-state index contributed by atoms with van der Waals surface area (Å²) in [6.07, 6.45) is 7.18. The van der Waals surface area contributed by atoms with Crippen molar-refractivity contribution in [3.05, 3.63) is 23.5 Å². The van der Waals surface area contributed by atoms with Crippen LogP contribution in [0.15, 0.2) is 28.4 Å². The van der Waals surface area contributed by atoms with E-state index in [4.69, 9.17) is 23.1 Å². The first-order valence-corrected chi connectivity index (χ1v) is 10.7. The van der Waals surface area contributed by atoms with Crippen LogP contribution in [0, 0.1) is 11.3 Å². The maximum atomic E-state index is 10.0. The van der Waals surface area contributed by atoms with Gasteiger partial charge in [-0.2, -0.15) is 0 Å². The molecule has 0 aromatic carbocycles. The molecule has 28 heavy (non-hydrogen) atoms. The van der Waals surface area contributed by atoms with Gasteiger partial charge in [-0.3, -0.25) is 0 Å². The number of hydrogen-bond acceptors (Lipinski definition) is 8. The third kappa shape index (κ3) is 3.60. The standard InChI is InChI=1S/C19H25ClN6OS/c1-11-8-12(27)9-19(11)3-6-26(7-4-19)14-10-24-18(17(22)25-14)28-13-2-5-23-16(21)15(13)20/h2,5,10-12,27H,3-4,6-9H2,1H3,(H2,21,23)(H2,22,25)/t11-,12+/m1/s1. The highest BCUT2D eigenvalue weighted by molar-refractivity contribution is 7.99. The van der Waals surface area contributed by atoms with Crippen molar-refractivity contribution in [3.63, 3.8) is 0 Å². The second kappa shape index (κ2) is 7.57. The molecule has 7 nitrogen and oxygen atoms in total. The highest BCUT2D eigenvalue weighted by Gasteiger charge is 2.46. The van der Waals surface area contributed by atoms with Crippen molar-refractivity contribution in [2.24, 2.45) is 11.3 Å². The van der Waals surface area contributed by atoms with E-state index in [0.717, 1.165) is 49.5 Å². The van der Waals surface area contributed by atoms with E-state index in [0.29, 0.717) is 21.8 Å². The number of aromatic nitrogens is 3. The Kier molecular flexibility index (Phi) is 5.28. The Morgan fingerprint density at radius 3 is 2.64 bits per heavy atom. The normalized spacial score (nSPS) is 24.0. The third-order valence-electron chi connectivity index (χ3n) is 6.24. The summed E-state index contributed by atoms with van der Waals surface area (Å²) in [6, 6.07) is 1.78. The summed E-state index contributed by atoms with van der Waals surface area (Å²) < 4.78 is 0. The molecule has 2 fully saturated rings. The lowest BCUT2D eigenvalue weighted by Crippen LogP contribution is -2.42. The molecule has 0 unspecified atom stereocenters. The summed E-state index contributed by atoms with van der Waals surface area (Å²) in [5.41, 5.74) is 12.2. The van der Waals surface area contributed by atoms with Crippen LogP contribution in [0.3, 0.4) is 0 Å². The second-order valence-corrected chi connectivity index (χ2v) is 9.28. The zero-order valence-corrected chi connectivity index (χ0v) is 17.4. The number of nitrogens with zero attached hydrogens (tertiary/aromatic N) is 4. The zero-order chi connectivity index (χ0) is 19.9. The van der Waals surface area contributed by atoms with E-state index in [-0.39, 0.29) is 17.3 Å². The fourth-order valence-electron chi connectivity index (χ4n) is 4.53. The lowest BCUT2D eigenvalue weighted by molar-refractivity contribution is 0.132. The minimum absolute atomic E-state index is 0.151. The maximum absolute atomic E-state index is 10.0. The predicted octanol–water partition coefficient (Wildman–Crippen LogP) is 3.22. The van der Waals surface area contributed by atoms with Crippen LogP contribution in [0.25, 0.3) is 0 Å². The molecule has 2 aromatic rings. The Morgan fingerprint density at radius 1 is 1.25 bits per heavy atom. The molecule has 0 amide bonds. The van der Waals surface area contributed by atoms with Crippen molar-refractivity contribution in [1.82, 2.24) is 15.0 Å². The molecule has 0 radical (unpaired) electrons. The van der Waals surface area contributed by atoms with E-state index in [2.05, 4.69) is 26.8 Å². The summed E-state index contributed by atoms with van der Waals surface area (Å²) in [5, 5.41) is 11.0. The molecule has 4 rings (SSSR count). The number of aliphatic hydroxyl groups is 1. The molecule has 5 N–H and O–H groups in total. The molecule has 2 aliphatic rings. The number of piperidine rings is 1. The van der Waals surface area contributed by atoms with Crippen molar-refractivity contribution in [1.29, 1.82) is 0 Å². The van der Waals surface area contributed by atoms with Crippen LogP contribution < -0.4 is 16.4 Å². The van der Waals surface area contributed by atoms with Gasteiger partial charge in [-0.25, -0.2) is 15.0 Å². The van der Waals surface area contributed by atoms with Gasteiger partial charge in [-0.15, -0.1) is 0 Å². The molecule has 9 heteroatoms. The van der Waals surface area contributed by atoms with E-state index < -0.39 is 0 Å². The van der Waals surface area contributed by atoms with Gasteiger partial charge in [0.05, 0.1) is 17.3 Å². The minimum Gasteiger partial charge on any atom is -0.393 e. The fourth-order valence-corrected chi connectivity index (χ4v) is 5.54. The smallest absolute Gasteiger partial charge is 0.158 e. The van der Waals surface area contributed by atoms with Crippen LogP contribution in [0.5, 0.6) is 0 Å². The summed E-state index contributed by atoms with van der Waals surface area (Å²) in [4.78, 5) is 16.0. The molecule has 1 saturated heterocycles. The van der Waals surface area contributed by atoms with Crippen LogP contribution in [0.2, 0.25) is 5.02 Å². The largest absolute Gasteiger partial charge is 0.393 e. The number of hydrogen-bond donors (Lipinski definition) is 3. The van der Waals surface area contributed by atoms with Crippen molar-refractivity contribution < 1.29 is 5.11 Å². The summed E-state index contributed by atoms with van der Waals surface area (Å²) >= 11 is 7.54. The Bertz CT molecular complexity index is 873. The number of halogens is 1. The number of anilines is 3. The van der Waals surface area contributed by atoms with Gasteiger partial charge in [-0.05, 0) is 43.1 Å². The van der Waals surface area contributed by atoms with Gasteiger partial charge in [0, 0.05) is 24.2 Å². The zero-order valence-electron chi connectivity index (χ0n) is 15.8. The Balaban J connectivity index is 1.46. The first-order valence-electron chi connectivity index (χ1n) is 9.51. The van der Waals surface area contributed by atoms with E-state index >= 15 is 0 Å². The Labute approximate surface area is 173 Å². The molecule has 1 spiro atoms. The Hall–Kier alpha value is -1.77. The van der Waals surface area contributed by atoms with Gasteiger partial charge in [0.25, 0.3) is 0 Å². The van der Waals surface area contributed by atoms with E-state index in [9.17, 15) is 5.11 Å². The van der Waals surface area contributed by atoms with Gasteiger partial charge < -0.3 is 21.5 Å². The molecule has 1 aliphatic carbocycles. The molecular formula is C19H25ClN6OS. The molecule has 1 aliphatic heterocycles. The molecule has 3 heterocycles. The van der Waals surface area contributed by atoms with E-state index in [1.807, 2.05) is 0 Å². The number of aliphatic hydroxyl groups excluding tert-OH is 1. The highest BCUT2D eigenvalue weighted by Crippen LogP contribution is 2.50. The van der Waals surface area contributed by atoms with E-state index in [1.165, 1.54) is 11.8 Å². The summed E-state index contributed by atoms with van der Waals surface area (Å²) in [7, 11) is 0. The lowest BCUT2D eigenvalue weighted by atomic mass is 9.71. The number of pyridine rings is 1. The van der Waals surface area contributed by atoms with Crippen LogP contribution >= 0.6 is 23.4 Å². The number of rotatable bonds is 3. The molecule has 0 bridgehead atoms. The first kappa shape index (κ1) is 19.5. The molecule has 2 atom stereocenters. The highest BCUT2D eigenvalue weighted by atomic mass is 35.5. The summed E-state index contributed by atoms with van der Waals surface area (Å²) in [6.45, 7) is 4.08. The van der Waals surface area contributed by atoms with Crippen LogP contribution in [-0.4, -0.2) is 39.3 Å². The number of nitrogens with two attached hydrogens (primary N) is 2. The second-order valence-electron chi connectivity index (χ2n) is 7.87. The van der Waals surface area contributed by atoms with Crippen molar-refractivity contribution in [3.8, 4) is 0 Å². The molecule has 1 saturated carbocycles. The molecule has 150 valence electrons. The maximum Gasteiger partial charge on any atom is 0.158 e.